The second-order valence-electron chi connectivity index (χ2n) is 1.68. The highest BCUT2D eigenvalue weighted by Crippen LogP contribution is 1.94. The Hall–Kier alpha value is -0.330. The molecule has 0 heterocycles. The van der Waals surface area contributed by atoms with Crippen LogP contribution in [0.4, 0.5) is 0 Å². The van der Waals surface area contributed by atoms with Gasteiger partial charge in [0, 0.05) is 6.21 Å². The number of unbranched alkanes of at least 4 members (excludes halogenated alkanes) is 3. The van der Waals surface area contributed by atoms with Crippen molar-refractivity contribution in [3.8, 4) is 0 Å². The molecule has 0 N–H and O–H groups in total. The monoisotopic (exact) mass is 98.1 g/mol. The first-order valence-electron chi connectivity index (χ1n) is 2.87. The van der Waals surface area contributed by atoms with Gasteiger partial charge in [0.25, 0.3) is 0 Å². The summed E-state index contributed by atoms with van der Waals surface area (Å²) in [5.74, 6) is 0. The molecule has 0 saturated heterocycles. The highest BCUT2D eigenvalue weighted by Gasteiger charge is 1.78. The van der Waals surface area contributed by atoms with Gasteiger partial charge in [0.2, 0.25) is 0 Å². The SMILES string of the molecule is CCCCCC=[N]. The fourth-order valence-corrected chi connectivity index (χ4v) is 0.486. The third kappa shape index (κ3) is 5.67. The summed E-state index contributed by atoms with van der Waals surface area (Å²) < 4.78 is 0. The molecule has 0 amide bonds. The van der Waals surface area contributed by atoms with Crippen molar-refractivity contribution in [2.24, 2.45) is 0 Å². The quantitative estimate of drug-likeness (QED) is 0.375. The van der Waals surface area contributed by atoms with Gasteiger partial charge >= 0.3 is 0 Å². The minimum atomic E-state index is 0.855. The minimum absolute atomic E-state index is 0.855. The first-order valence-corrected chi connectivity index (χ1v) is 2.87. The molecule has 0 bridgehead atoms. The van der Waals surface area contributed by atoms with E-state index < -0.39 is 0 Å². The van der Waals surface area contributed by atoms with Gasteiger partial charge in [-0.1, -0.05) is 19.8 Å². The zero-order chi connectivity index (χ0) is 5.54. The average molecular weight is 98.2 g/mol. The van der Waals surface area contributed by atoms with Crippen LogP contribution in [0, 0.1) is 0 Å². The summed E-state index contributed by atoms with van der Waals surface area (Å²) in [5, 5.41) is 8.17. The summed E-state index contributed by atoms with van der Waals surface area (Å²) in [6.45, 7) is 2.15. The number of hydrogen-bond donors (Lipinski definition) is 0. The van der Waals surface area contributed by atoms with Gasteiger partial charge in [-0.25, -0.2) is 0 Å². The van der Waals surface area contributed by atoms with Crippen LogP contribution in [0.5, 0.6) is 0 Å². The molecule has 1 heteroatoms. The summed E-state index contributed by atoms with van der Waals surface area (Å²) >= 11 is 0. The molecule has 0 saturated carbocycles. The number of nitrogens with zero attached hydrogens (tertiary/aromatic N) is 1. The summed E-state index contributed by atoms with van der Waals surface area (Å²) in [7, 11) is 0. The van der Waals surface area contributed by atoms with E-state index in [0.29, 0.717) is 0 Å². The minimum Gasteiger partial charge on any atom is -0.164 e. The maximum atomic E-state index is 8.17. The first-order chi connectivity index (χ1) is 3.41. The van der Waals surface area contributed by atoms with Crippen LogP contribution in [-0.4, -0.2) is 6.21 Å². The van der Waals surface area contributed by atoms with E-state index in [0.717, 1.165) is 12.8 Å². The van der Waals surface area contributed by atoms with Crippen molar-refractivity contribution in [1.82, 2.24) is 5.41 Å². The molecule has 0 aliphatic rings. The summed E-state index contributed by atoms with van der Waals surface area (Å²) in [4.78, 5) is 0. The predicted molar refractivity (Wildman–Crippen MR) is 32.3 cm³/mol. The molecule has 7 heavy (non-hydrogen) atoms. The van der Waals surface area contributed by atoms with Crippen molar-refractivity contribution < 1.29 is 0 Å². The molecule has 0 unspecified atom stereocenters. The second kappa shape index (κ2) is 5.67. The Morgan fingerprint density at radius 3 is 2.57 bits per heavy atom. The van der Waals surface area contributed by atoms with Crippen LogP contribution in [-0.2, 0) is 0 Å². The zero-order valence-electron chi connectivity index (χ0n) is 4.85. The molecule has 0 aromatic rings. The van der Waals surface area contributed by atoms with Gasteiger partial charge in [-0.2, -0.15) is 5.41 Å². The third-order valence-corrected chi connectivity index (χ3v) is 0.937. The van der Waals surface area contributed by atoms with Gasteiger partial charge in [0.1, 0.15) is 0 Å². The van der Waals surface area contributed by atoms with Crippen LogP contribution in [0.15, 0.2) is 0 Å². The smallest absolute Gasteiger partial charge is 0.0270 e. The lowest BCUT2D eigenvalue weighted by molar-refractivity contribution is 0.746. The molecule has 0 rings (SSSR count). The lowest BCUT2D eigenvalue weighted by Gasteiger charge is -1.86. The normalized spacial score (nSPS) is 8.71. The van der Waals surface area contributed by atoms with Gasteiger partial charge < -0.3 is 0 Å². The molecule has 0 aliphatic heterocycles. The van der Waals surface area contributed by atoms with E-state index in [-0.39, 0.29) is 0 Å². The Labute approximate surface area is 45.2 Å². The summed E-state index contributed by atoms with van der Waals surface area (Å²) in [6, 6.07) is 0. The second-order valence-corrected chi connectivity index (χ2v) is 1.68. The lowest BCUT2D eigenvalue weighted by atomic mass is 10.2. The standard InChI is InChI=1S/C6H12N/c1-2-3-4-5-6-7/h6H,2-5H2,1H3. The third-order valence-electron chi connectivity index (χ3n) is 0.937. The van der Waals surface area contributed by atoms with E-state index in [4.69, 9.17) is 5.41 Å². The van der Waals surface area contributed by atoms with Crippen molar-refractivity contribution >= 4 is 6.21 Å². The van der Waals surface area contributed by atoms with Crippen molar-refractivity contribution in [1.29, 1.82) is 0 Å². The lowest BCUT2D eigenvalue weighted by Crippen LogP contribution is -1.75. The predicted octanol–water partition coefficient (Wildman–Crippen LogP) is 1.44. The average Bonchev–Trinajstić information content (AvgIpc) is 1.69. The first kappa shape index (κ1) is 6.67. The molecule has 0 spiro atoms. The van der Waals surface area contributed by atoms with Crippen LogP contribution < -0.4 is 5.41 Å². The Balaban J connectivity index is 2.56. The Bertz CT molecular complexity index is 41.4. The topological polar surface area (TPSA) is 22.3 Å². The maximum absolute atomic E-state index is 8.17. The molecule has 41 valence electrons. The highest BCUT2D eigenvalue weighted by atomic mass is 14.3. The molecular formula is C6H12N. The van der Waals surface area contributed by atoms with E-state index in [1.54, 1.807) is 0 Å². The van der Waals surface area contributed by atoms with E-state index in [9.17, 15) is 0 Å². The van der Waals surface area contributed by atoms with Gasteiger partial charge in [0.05, 0.1) is 0 Å². The van der Waals surface area contributed by atoms with E-state index in [2.05, 4.69) is 6.92 Å². The van der Waals surface area contributed by atoms with Crippen LogP contribution in [0.2, 0.25) is 0 Å². The van der Waals surface area contributed by atoms with Crippen molar-refractivity contribution in [2.45, 2.75) is 32.6 Å². The number of rotatable bonds is 4. The van der Waals surface area contributed by atoms with Gasteiger partial charge in [-0.05, 0) is 12.8 Å². The van der Waals surface area contributed by atoms with Crippen molar-refractivity contribution in [2.75, 3.05) is 0 Å². The Morgan fingerprint density at radius 2 is 2.14 bits per heavy atom. The van der Waals surface area contributed by atoms with E-state index in [1.165, 1.54) is 19.1 Å². The van der Waals surface area contributed by atoms with Crippen molar-refractivity contribution in [3.05, 3.63) is 0 Å². The van der Waals surface area contributed by atoms with Crippen molar-refractivity contribution in [3.63, 3.8) is 0 Å². The molecule has 0 atom stereocenters. The summed E-state index contributed by atoms with van der Waals surface area (Å²) in [6.07, 6.45) is 5.68. The van der Waals surface area contributed by atoms with Crippen LogP contribution >= 0.6 is 0 Å². The van der Waals surface area contributed by atoms with Crippen LogP contribution in [0.3, 0.4) is 0 Å². The van der Waals surface area contributed by atoms with Crippen LogP contribution in [0.1, 0.15) is 32.6 Å². The van der Waals surface area contributed by atoms with Crippen LogP contribution in [0.25, 0.3) is 0 Å². The number of hydrogen-bond acceptors (Lipinski definition) is 0. The molecular weight excluding hydrogens is 86.1 g/mol. The van der Waals surface area contributed by atoms with Gasteiger partial charge in [-0.15, -0.1) is 0 Å². The van der Waals surface area contributed by atoms with E-state index >= 15 is 0 Å². The zero-order valence-corrected chi connectivity index (χ0v) is 4.85. The Morgan fingerprint density at radius 1 is 1.43 bits per heavy atom. The fraction of sp³-hybridized carbons (Fsp3) is 0.833. The molecule has 1 radical (unpaired) electrons. The highest BCUT2D eigenvalue weighted by molar-refractivity contribution is 5.53. The molecule has 0 aliphatic carbocycles. The Kier molecular flexibility index (Phi) is 5.40. The molecule has 0 aromatic carbocycles. The molecule has 0 fully saturated rings. The van der Waals surface area contributed by atoms with E-state index in [1.807, 2.05) is 0 Å². The molecule has 0 aromatic heterocycles. The molecule has 1 nitrogen and oxygen atoms in total. The summed E-state index contributed by atoms with van der Waals surface area (Å²) in [5.41, 5.74) is 0. The van der Waals surface area contributed by atoms with Gasteiger partial charge in [-0.3, -0.25) is 0 Å². The largest absolute Gasteiger partial charge is 0.164 e. The van der Waals surface area contributed by atoms with Gasteiger partial charge in [0.15, 0.2) is 0 Å². The maximum Gasteiger partial charge on any atom is 0.0270 e. The fourth-order valence-electron chi connectivity index (χ4n) is 0.486.